The van der Waals surface area contributed by atoms with Crippen LogP contribution in [0.1, 0.15) is 12.5 Å². The fraction of sp³-hybridized carbons (Fsp3) is 0.200. The van der Waals surface area contributed by atoms with Crippen LogP contribution in [0.15, 0.2) is 16.7 Å². The summed E-state index contributed by atoms with van der Waals surface area (Å²) in [6.07, 6.45) is 3.62. The first-order valence-electron chi connectivity index (χ1n) is 4.05. The number of thioether (sulfide) groups is 1. The van der Waals surface area contributed by atoms with Crippen LogP contribution in [-0.4, -0.2) is 16.2 Å². The largest absolute Gasteiger partial charge is 0.234 e. The molecule has 2 rings (SSSR count). The Kier molecular flexibility index (Phi) is 2.71. The lowest BCUT2D eigenvalue weighted by molar-refractivity contribution is 1.11. The van der Waals surface area contributed by atoms with E-state index in [1.165, 1.54) is 0 Å². The number of hydrogen-bond donors (Lipinski definition) is 0. The molecule has 0 saturated heterocycles. The lowest BCUT2D eigenvalue weighted by atomic mass is 10.3. The van der Waals surface area contributed by atoms with Crippen LogP contribution in [0.5, 0.6) is 0 Å². The number of thiophene rings is 1. The van der Waals surface area contributed by atoms with Crippen LogP contribution < -0.4 is 0 Å². The van der Waals surface area contributed by atoms with Crippen LogP contribution in [0.25, 0.3) is 10.2 Å². The number of rotatable bonds is 1. The summed E-state index contributed by atoms with van der Waals surface area (Å²) in [6, 6.07) is 0. The summed E-state index contributed by atoms with van der Waals surface area (Å²) in [7, 11) is 0. The molecule has 2 heterocycles. The topological polar surface area (TPSA) is 25.8 Å². The first-order valence-corrected chi connectivity index (χ1v) is 6.16. The normalized spacial score (nSPS) is 9.86. The van der Waals surface area contributed by atoms with E-state index in [1.54, 1.807) is 29.4 Å². The molecule has 0 saturated carbocycles. The first-order chi connectivity index (χ1) is 6.86. The minimum Gasteiger partial charge on any atom is -0.234 e. The molecular formula is C10H8N2S2. The Morgan fingerprint density at radius 1 is 1.43 bits per heavy atom. The maximum Gasteiger partial charge on any atom is 0.117 e. The van der Waals surface area contributed by atoms with Gasteiger partial charge in [-0.1, -0.05) is 5.92 Å². The highest BCUT2D eigenvalue weighted by atomic mass is 32.2. The molecule has 2 nitrogen and oxygen atoms in total. The predicted octanol–water partition coefficient (Wildman–Crippen LogP) is 2.78. The van der Waals surface area contributed by atoms with Crippen molar-refractivity contribution in [3.63, 3.8) is 0 Å². The van der Waals surface area contributed by atoms with Crippen LogP contribution in [-0.2, 0) is 0 Å². The van der Waals surface area contributed by atoms with Gasteiger partial charge < -0.3 is 0 Å². The smallest absolute Gasteiger partial charge is 0.117 e. The van der Waals surface area contributed by atoms with E-state index in [4.69, 9.17) is 0 Å². The molecule has 0 aromatic carbocycles. The zero-order chi connectivity index (χ0) is 9.97. The van der Waals surface area contributed by atoms with Crippen molar-refractivity contribution in [1.29, 1.82) is 0 Å². The van der Waals surface area contributed by atoms with Gasteiger partial charge in [0.1, 0.15) is 16.9 Å². The molecule has 0 spiro atoms. The third-order valence-corrected chi connectivity index (χ3v) is 3.58. The van der Waals surface area contributed by atoms with Crippen LogP contribution >= 0.6 is 23.1 Å². The Hall–Kier alpha value is -1.05. The van der Waals surface area contributed by atoms with Crippen LogP contribution in [0, 0.1) is 11.8 Å². The summed E-state index contributed by atoms with van der Waals surface area (Å²) in [6.45, 7) is 1.83. The van der Waals surface area contributed by atoms with E-state index in [0.717, 1.165) is 20.8 Å². The van der Waals surface area contributed by atoms with E-state index in [0.29, 0.717) is 0 Å². The van der Waals surface area contributed by atoms with E-state index in [-0.39, 0.29) is 0 Å². The molecule has 4 heteroatoms. The average Bonchev–Trinajstić information content (AvgIpc) is 2.62. The molecule has 0 fully saturated rings. The summed E-state index contributed by atoms with van der Waals surface area (Å²) in [5, 5.41) is 3.07. The molecule has 70 valence electrons. The lowest BCUT2D eigenvalue weighted by Gasteiger charge is -1.95. The lowest BCUT2D eigenvalue weighted by Crippen LogP contribution is -1.83. The zero-order valence-corrected chi connectivity index (χ0v) is 9.50. The molecule has 0 aliphatic rings. The Morgan fingerprint density at radius 2 is 2.29 bits per heavy atom. The van der Waals surface area contributed by atoms with Crippen molar-refractivity contribution < 1.29 is 0 Å². The van der Waals surface area contributed by atoms with Crippen molar-refractivity contribution in [3.8, 4) is 11.8 Å². The fourth-order valence-electron chi connectivity index (χ4n) is 1.20. The predicted molar refractivity (Wildman–Crippen MR) is 61.7 cm³/mol. The minimum atomic E-state index is 0.976. The highest BCUT2D eigenvalue weighted by Gasteiger charge is 2.07. The van der Waals surface area contributed by atoms with Crippen molar-refractivity contribution >= 4 is 33.3 Å². The average molecular weight is 220 g/mol. The molecular weight excluding hydrogens is 212 g/mol. The standard InChI is InChI=1S/C10H8N2S2/c1-3-4-7-5-14-9-8(7)11-6-12-10(9)13-2/h5-6H,1-2H3. The molecule has 0 amide bonds. The minimum absolute atomic E-state index is 0.976. The van der Waals surface area contributed by atoms with E-state index in [1.807, 2.05) is 18.6 Å². The van der Waals surface area contributed by atoms with Gasteiger partial charge in [-0.15, -0.1) is 29.0 Å². The van der Waals surface area contributed by atoms with Crippen molar-refractivity contribution in [2.45, 2.75) is 11.9 Å². The highest BCUT2D eigenvalue weighted by molar-refractivity contribution is 7.98. The molecule has 0 atom stereocenters. The third-order valence-electron chi connectivity index (χ3n) is 1.77. The van der Waals surface area contributed by atoms with E-state index < -0.39 is 0 Å². The highest BCUT2D eigenvalue weighted by Crippen LogP contribution is 2.29. The maximum absolute atomic E-state index is 4.25. The monoisotopic (exact) mass is 220 g/mol. The molecule has 2 aromatic rings. The third kappa shape index (κ3) is 1.49. The van der Waals surface area contributed by atoms with Crippen molar-refractivity contribution in [2.75, 3.05) is 6.26 Å². The second-order valence-corrected chi connectivity index (χ2v) is 4.26. The molecule has 0 unspecified atom stereocenters. The first kappa shape index (κ1) is 9.50. The van der Waals surface area contributed by atoms with E-state index >= 15 is 0 Å². The van der Waals surface area contributed by atoms with Gasteiger partial charge in [0.15, 0.2) is 0 Å². The van der Waals surface area contributed by atoms with Gasteiger partial charge in [-0.3, -0.25) is 0 Å². The SMILES string of the molecule is CC#Cc1csc2c(SC)ncnc12. The van der Waals surface area contributed by atoms with Gasteiger partial charge in [-0.05, 0) is 13.2 Å². The van der Waals surface area contributed by atoms with Crippen LogP contribution in [0.4, 0.5) is 0 Å². The van der Waals surface area contributed by atoms with Crippen molar-refractivity contribution in [2.24, 2.45) is 0 Å². The van der Waals surface area contributed by atoms with Gasteiger partial charge in [0.25, 0.3) is 0 Å². The molecule has 14 heavy (non-hydrogen) atoms. The van der Waals surface area contributed by atoms with Crippen LogP contribution in [0.3, 0.4) is 0 Å². The number of aromatic nitrogens is 2. The molecule has 0 aliphatic carbocycles. The molecule has 0 aliphatic heterocycles. The second-order valence-electron chi connectivity index (χ2n) is 2.59. The Morgan fingerprint density at radius 3 is 3.00 bits per heavy atom. The van der Waals surface area contributed by atoms with Gasteiger partial charge in [0.2, 0.25) is 0 Å². The summed E-state index contributed by atoms with van der Waals surface area (Å²) >= 11 is 3.30. The molecule has 0 N–H and O–H groups in total. The van der Waals surface area contributed by atoms with E-state index in [9.17, 15) is 0 Å². The van der Waals surface area contributed by atoms with Gasteiger partial charge in [0, 0.05) is 5.38 Å². The molecule has 2 aromatic heterocycles. The quantitative estimate of drug-likeness (QED) is 0.420. The van der Waals surface area contributed by atoms with Crippen molar-refractivity contribution in [1.82, 2.24) is 9.97 Å². The molecule has 0 bridgehead atoms. The second kappa shape index (κ2) is 3.99. The molecule has 0 radical (unpaired) electrons. The zero-order valence-electron chi connectivity index (χ0n) is 7.87. The summed E-state index contributed by atoms with van der Waals surface area (Å²) in [5.41, 5.74) is 1.98. The Labute approximate surface area is 90.8 Å². The summed E-state index contributed by atoms with van der Waals surface area (Å²) < 4.78 is 1.14. The van der Waals surface area contributed by atoms with Crippen LogP contribution in [0.2, 0.25) is 0 Å². The van der Waals surface area contributed by atoms with Gasteiger partial charge >= 0.3 is 0 Å². The fourth-order valence-corrected chi connectivity index (χ4v) is 2.86. The van der Waals surface area contributed by atoms with Gasteiger partial charge in [0.05, 0.1) is 10.3 Å². The maximum atomic E-state index is 4.25. The Bertz CT molecular complexity index is 520. The Balaban J connectivity index is 2.73. The number of hydrogen-bond acceptors (Lipinski definition) is 4. The van der Waals surface area contributed by atoms with E-state index in [2.05, 4.69) is 21.8 Å². The number of fused-ring (bicyclic) bond motifs is 1. The number of nitrogens with zero attached hydrogens (tertiary/aromatic N) is 2. The summed E-state index contributed by atoms with van der Waals surface area (Å²) in [5.74, 6) is 5.93. The summed E-state index contributed by atoms with van der Waals surface area (Å²) in [4.78, 5) is 8.46. The van der Waals surface area contributed by atoms with Gasteiger partial charge in [-0.2, -0.15) is 0 Å². The van der Waals surface area contributed by atoms with Gasteiger partial charge in [-0.25, -0.2) is 9.97 Å². The van der Waals surface area contributed by atoms with Crippen molar-refractivity contribution in [3.05, 3.63) is 17.3 Å².